The van der Waals surface area contributed by atoms with Crippen molar-refractivity contribution >= 4 is 57.9 Å². The summed E-state index contributed by atoms with van der Waals surface area (Å²) in [6.45, 7) is 9.33. The fourth-order valence-electron chi connectivity index (χ4n) is 4.73. The van der Waals surface area contributed by atoms with Crippen LogP contribution in [0.25, 0.3) is 45.0 Å². The first-order valence-electron chi connectivity index (χ1n) is 14.7. The Morgan fingerprint density at radius 3 is 1.70 bits per heavy atom. The molecule has 0 fully saturated rings. The quantitative estimate of drug-likeness (QED) is 0.166. The van der Waals surface area contributed by atoms with Gasteiger partial charge in [0.05, 0.1) is 18.3 Å². The van der Waals surface area contributed by atoms with Crippen LogP contribution in [-0.2, 0) is 28.2 Å². The van der Waals surface area contributed by atoms with Gasteiger partial charge < -0.3 is 33.2 Å². The molecule has 50 heavy (non-hydrogen) atoms. The Kier molecular flexibility index (Phi) is 11.0. The molecule has 4 N–H and O–H groups in total. The molecule has 0 aromatic carbocycles. The topological polar surface area (TPSA) is 220 Å². The summed E-state index contributed by atoms with van der Waals surface area (Å²) in [5.74, 6) is 4.00. The van der Waals surface area contributed by atoms with Crippen LogP contribution in [0.4, 0.5) is 0 Å². The summed E-state index contributed by atoms with van der Waals surface area (Å²) < 4.78 is 8.04. The highest BCUT2D eigenvalue weighted by Gasteiger charge is 2.13. The summed E-state index contributed by atoms with van der Waals surface area (Å²) in [7, 11) is 7.38. The van der Waals surface area contributed by atoms with Gasteiger partial charge in [-0.25, -0.2) is 34.9 Å². The largest absolute Gasteiger partial charge is 0.338 e. The van der Waals surface area contributed by atoms with Crippen LogP contribution in [0.3, 0.4) is 0 Å². The minimum Gasteiger partial charge on any atom is -0.338 e. The molecule has 18 nitrogen and oxygen atoms in total. The van der Waals surface area contributed by atoms with E-state index in [1.54, 1.807) is 49.7 Å². The zero-order valence-corrected chi connectivity index (χ0v) is 29.9. The molecule has 0 radical (unpaired) electrons. The van der Waals surface area contributed by atoms with Crippen LogP contribution < -0.4 is 11.1 Å². The third-order valence-corrected chi connectivity index (χ3v) is 7.81. The maximum absolute atomic E-state index is 11.4. The molecule has 8 heterocycles. The highest BCUT2D eigenvalue weighted by atomic mass is 32.1. The molecule has 6 aromatic rings. The van der Waals surface area contributed by atoms with Crippen molar-refractivity contribution in [2.24, 2.45) is 28.2 Å². The summed E-state index contributed by atoms with van der Waals surface area (Å²) in [4.78, 5) is 66.9. The van der Waals surface area contributed by atoms with E-state index < -0.39 is 0 Å². The van der Waals surface area contributed by atoms with Crippen LogP contribution in [-0.4, -0.2) is 78.1 Å². The molecule has 2 aliphatic heterocycles. The minimum atomic E-state index is -0.260. The Bertz CT molecular complexity index is 2540. The van der Waals surface area contributed by atoms with Gasteiger partial charge in [0, 0.05) is 28.2 Å². The summed E-state index contributed by atoms with van der Waals surface area (Å²) in [6.07, 6.45) is 4.89. The van der Waals surface area contributed by atoms with E-state index in [0.29, 0.717) is 37.6 Å². The molecule has 0 saturated heterocycles. The van der Waals surface area contributed by atoms with E-state index in [-0.39, 0.29) is 18.5 Å². The second-order valence-corrected chi connectivity index (χ2v) is 11.9. The van der Waals surface area contributed by atoms with E-state index >= 15 is 0 Å². The smallest absolute Gasteiger partial charge is 0.298 e. The number of imidazole rings is 4. The van der Waals surface area contributed by atoms with Gasteiger partial charge in [-0.15, -0.1) is 0 Å². The van der Waals surface area contributed by atoms with E-state index in [1.165, 1.54) is 6.33 Å². The Morgan fingerprint density at radius 1 is 0.600 bits per heavy atom. The van der Waals surface area contributed by atoms with Crippen LogP contribution in [0, 0.1) is 44.0 Å². The second-order valence-electron chi connectivity index (χ2n) is 11.1. The molecule has 8 rings (SSSR count). The zero-order chi connectivity index (χ0) is 35.7. The lowest BCUT2D eigenvalue weighted by atomic mass is 10.3. The van der Waals surface area contributed by atoms with E-state index in [2.05, 4.69) is 59.8 Å². The lowest BCUT2D eigenvalue weighted by Crippen LogP contribution is -2.12. The van der Waals surface area contributed by atoms with E-state index in [4.69, 9.17) is 24.4 Å². The van der Waals surface area contributed by atoms with Crippen LogP contribution in [0.1, 0.15) is 36.4 Å². The number of nitrogens with one attached hydrogen (secondary N) is 4. The molecule has 0 unspecified atom stereocenters. The van der Waals surface area contributed by atoms with Crippen molar-refractivity contribution in [2.45, 2.75) is 42.0 Å². The average molecular weight is 719 g/mol. The number of hydrogen-bond acceptors (Lipinski definition) is 12. The van der Waals surface area contributed by atoms with Gasteiger partial charge in [0.15, 0.2) is 37.7 Å². The third kappa shape index (κ3) is 7.60. The summed E-state index contributed by atoms with van der Waals surface area (Å²) in [5, 5.41) is 0. The van der Waals surface area contributed by atoms with Crippen molar-refractivity contribution in [3.63, 3.8) is 0 Å². The van der Waals surface area contributed by atoms with Gasteiger partial charge in [-0.3, -0.25) is 14.6 Å². The molecule has 2 aliphatic rings. The molecule has 0 saturated carbocycles. The van der Waals surface area contributed by atoms with Crippen LogP contribution in [0.15, 0.2) is 28.6 Å². The number of aryl methyl sites for hydroxylation is 9. The Labute approximate surface area is 295 Å². The van der Waals surface area contributed by atoms with Crippen molar-refractivity contribution in [2.75, 3.05) is 0 Å². The van der Waals surface area contributed by atoms with Crippen LogP contribution in [0.2, 0.25) is 0 Å². The monoisotopic (exact) mass is 718 g/mol. The standard InChI is InChI=1S/C8H10N4.C7H8N4OS.C7H8N4O.C7H8N4S.CH4/c1-5-7-8(11-6(2)10-7)12(3)4-9-5;1-3-8-4-5(9-3)11(2)7(13)10-6(4)12;2*1-4-9-5-6(10-4)11(2)3-8-7(5)12;/h4H,1-3H3;1-2H3,(H,8,9)(H,10,12,13);2*3H,1-2H3,(H,9,10);1H4. The van der Waals surface area contributed by atoms with Gasteiger partial charge in [-0.2, -0.15) is 4.98 Å². The van der Waals surface area contributed by atoms with Gasteiger partial charge in [0.1, 0.15) is 46.4 Å². The SMILES string of the molecule is C.Cc1nc2c(C)ncn(C)c-2n1.Cc1nc2c([nH]1)c(=O)[nH]c(=S)n2C.Cc1nc2c([nH]1)c(=O)ncn2C.Cc1nc2c([nH]1)c(=S)ncn2C. The van der Waals surface area contributed by atoms with Gasteiger partial charge in [0.25, 0.3) is 11.1 Å². The first kappa shape index (κ1) is 37.1. The molecule has 0 bridgehead atoms. The highest BCUT2D eigenvalue weighted by Crippen LogP contribution is 2.19. The Hall–Kier alpha value is -5.76. The molecule has 20 heteroatoms. The fraction of sp³-hybridized carbons (Fsp3) is 0.333. The summed E-state index contributed by atoms with van der Waals surface area (Å²) in [6, 6.07) is 0. The van der Waals surface area contributed by atoms with Crippen molar-refractivity contribution in [1.29, 1.82) is 0 Å². The molecule has 0 spiro atoms. The number of aromatic amines is 4. The lowest BCUT2D eigenvalue weighted by Gasteiger charge is -2.04. The molecular weight excluding hydrogens is 681 g/mol. The average Bonchev–Trinajstić information content (AvgIpc) is 3.84. The van der Waals surface area contributed by atoms with Crippen molar-refractivity contribution in [3.8, 4) is 11.5 Å². The maximum Gasteiger partial charge on any atom is 0.298 e. The van der Waals surface area contributed by atoms with Crippen molar-refractivity contribution in [3.05, 3.63) is 78.1 Å². The number of fused-ring (bicyclic) bond motifs is 4. The molecule has 262 valence electrons. The first-order valence-corrected chi connectivity index (χ1v) is 15.5. The third-order valence-electron chi connectivity index (χ3n) is 7.13. The number of nitrogens with zero attached hydrogens (tertiary/aromatic N) is 12. The van der Waals surface area contributed by atoms with Crippen molar-refractivity contribution < 1.29 is 0 Å². The fourth-order valence-corrected chi connectivity index (χ4v) is 5.09. The number of aromatic nitrogens is 16. The lowest BCUT2D eigenvalue weighted by molar-refractivity contribution is 0.839. The van der Waals surface area contributed by atoms with Gasteiger partial charge >= 0.3 is 0 Å². The summed E-state index contributed by atoms with van der Waals surface area (Å²) >= 11 is 9.96. The minimum absolute atomic E-state index is 0. The second kappa shape index (κ2) is 14.8. The van der Waals surface area contributed by atoms with E-state index in [1.807, 2.05) is 44.0 Å². The maximum atomic E-state index is 11.4. The first-order chi connectivity index (χ1) is 23.1. The molecular formula is C30H38N16O2S2. The van der Waals surface area contributed by atoms with Crippen LogP contribution in [0.5, 0.6) is 0 Å². The van der Waals surface area contributed by atoms with Gasteiger partial charge in [-0.1, -0.05) is 19.6 Å². The highest BCUT2D eigenvalue weighted by molar-refractivity contribution is 7.71. The Balaban J connectivity index is 0.000000149. The number of H-pyrrole nitrogens is 4. The predicted molar refractivity (Wildman–Crippen MR) is 195 cm³/mol. The predicted octanol–water partition coefficient (Wildman–Crippen LogP) is 3.49. The van der Waals surface area contributed by atoms with Gasteiger partial charge in [0.2, 0.25) is 0 Å². The number of rotatable bonds is 0. The van der Waals surface area contributed by atoms with Crippen LogP contribution >= 0.6 is 24.4 Å². The Morgan fingerprint density at radius 2 is 1.12 bits per heavy atom. The molecule has 0 amide bonds. The molecule has 0 atom stereocenters. The molecule has 0 aliphatic carbocycles. The normalized spacial score (nSPS) is 10.7. The zero-order valence-electron chi connectivity index (χ0n) is 28.2. The van der Waals surface area contributed by atoms with Gasteiger partial charge in [-0.05, 0) is 46.8 Å². The summed E-state index contributed by atoms with van der Waals surface area (Å²) in [5.41, 5.74) is 5.22. The van der Waals surface area contributed by atoms with E-state index in [9.17, 15) is 9.59 Å². The molecule has 6 aromatic heterocycles. The van der Waals surface area contributed by atoms with Crippen molar-refractivity contribution in [1.82, 2.24) is 78.1 Å². The number of hydrogen-bond donors (Lipinski definition) is 4. The van der Waals surface area contributed by atoms with E-state index in [0.717, 1.165) is 45.8 Å².